The molecule has 0 spiro atoms. The van der Waals surface area contributed by atoms with Crippen molar-refractivity contribution < 1.29 is 42.2 Å². The topological polar surface area (TPSA) is 204 Å². The number of sulfonamides is 1. The maximum absolute atomic E-state index is 14.7. The summed E-state index contributed by atoms with van der Waals surface area (Å²) in [5.41, 5.74) is -1.03. The van der Waals surface area contributed by atoms with Crippen LogP contribution in [-0.2, 0) is 29.1 Å². The summed E-state index contributed by atoms with van der Waals surface area (Å²) >= 11 is 7.35. The van der Waals surface area contributed by atoms with Crippen molar-refractivity contribution in [3.63, 3.8) is 0 Å². The van der Waals surface area contributed by atoms with E-state index in [2.05, 4.69) is 20.3 Å². The molecule has 2 saturated carbocycles. The number of benzene rings is 1. The number of ether oxygens (including phenoxy) is 1. The number of nitrogens with zero attached hydrogens (tertiary/aromatic N) is 3. The summed E-state index contributed by atoms with van der Waals surface area (Å²) in [5, 5.41) is 17.2. The molecule has 2 aliphatic carbocycles. The molecular weight excluding hydrogens is 796 g/mol. The highest BCUT2D eigenvalue weighted by Crippen LogP contribution is 2.47. The fourth-order valence-corrected chi connectivity index (χ4v) is 10.3. The Hall–Kier alpha value is -4.22. The molecule has 1 aromatic carbocycles. The summed E-state index contributed by atoms with van der Waals surface area (Å²) in [6.45, 7) is 6.31. The Labute approximate surface area is 341 Å². The van der Waals surface area contributed by atoms with Gasteiger partial charge in [-0.25, -0.2) is 18.2 Å². The van der Waals surface area contributed by atoms with Crippen LogP contribution in [0.25, 0.3) is 10.6 Å². The third-order valence-corrected chi connectivity index (χ3v) is 14.4. The average Bonchev–Trinajstić information content (AvgIpc) is 3.97. The van der Waals surface area contributed by atoms with Gasteiger partial charge < -0.3 is 30.3 Å². The van der Waals surface area contributed by atoms with Crippen LogP contribution in [0, 0.1) is 23.2 Å². The van der Waals surface area contributed by atoms with Crippen LogP contribution in [0.4, 0.5) is 4.79 Å². The number of rotatable bonds is 7. The number of nitrogens with one attached hydrogen (secondary N) is 3. The van der Waals surface area contributed by atoms with E-state index in [-0.39, 0.29) is 66.4 Å². The van der Waals surface area contributed by atoms with Crippen molar-refractivity contribution in [3.05, 3.63) is 46.4 Å². The van der Waals surface area contributed by atoms with Crippen molar-refractivity contribution in [2.45, 2.75) is 95.0 Å². The first-order chi connectivity index (χ1) is 27.0. The highest BCUT2D eigenvalue weighted by Gasteiger charge is 2.63. The molecule has 7 rings (SSSR count). The second-order valence-electron chi connectivity index (χ2n) is 17.1. The third-order valence-electron chi connectivity index (χ3n) is 11.3. The Kier molecular flexibility index (Phi) is 11.4. The Morgan fingerprint density at radius 3 is 2.60 bits per heavy atom. The first-order valence-electron chi connectivity index (χ1n) is 19.5. The van der Waals surface area contributed by atoms with E-state index < -0.39 is 68.5 Å². The van der Waals surface area contributed by atoms with E-state index in [0.29, 0.717) is 42.7 Å². The van der Waals surface area contributed by atoms with E-state index in [4.69, 9.17) is 16.3 Å². The number of hydrogen-bond acceptors (Lipinski definition) is 11. The van der Waals surface area contributed by atoms with E-state index in [1.54, 1.807) is 22.4 Å². The number of likely N-dealkylation sites (tertiary alicyclic amines) is 1. The zero-order valence-corrected chi connectivity index (χ0v) is 34.6. The number of amides is 5. The second kappa shape index (κ2) is 15.9. The van der Waals surface area contributed by atoms with Crippen molar-refractivity contribution in [1.29, 1.82) is 0 Å². The van der Waals surface area contributed by atoms with Gasteiger partial charge in [-0.3, -0.25) is 23.9 Å². The number of alkyl carbamates (subject to hydrolysis) is 1. The number of aromatic nitrogens is 1. The predicted octanol–water partition coefficient (Wildman–Crippen LogP) is 4.21. The lowest BCUT2D eigenvalue weighted by molar-refractivity contribution is -0.142. The molecule has 2 aromatic rings. The van der Waals surface area contributed by atoms with Gasteiger partial charge >= 0.3 is 6.09 Å². The Morgan fingerprint density at radius 1 is 1.11 bits per heavy atom. The molecule has 5 aliphatic rings. The molecular formula is C39H49ClN6O9S2. The predicted molar refractivity (Wildman–Crippen MR) is 212 cm³/mol. The van der Waals surface area contributed by atoms with Gasteiger partial charge in [-0.15, -0.1) is 11.3 Å². The van der Waals surface area contributed by atoms with Gasteiger partial charge in [-0.2, -0.15) is 0 Å². The lowest BCUT2D eigenvalue weighted by Gasteiger charge is -2.33. The number of carbonyl (C=O) groups is 5. The summed E-state index contributed by atoms with van der Waals surface area (Å²) in [6, 6.07) is 2.52. The van der Waals surface area contributed by atoms with Crippen LogP contribution < -0.4 is 15.4 Å². The molecule has 4 heterocycles. The van der Waals surface area contributed by atoms with Crippen LogP contribution in [0.1, 0.15) is 82.6 Å². The molecule has 4 fully saturated rings. The number of allylic oxidation sites excluding steroid dienone is 1. The van der Waals surface area contributed by atoms with Crippen LogP contribution in [0.3, 0.4) is 0 Å². The van der Waals surface area contributed by atoms with Gasteiger partial charge in [0.2, 0.25) is 21.8 Å². The number of phenolic OH excluding ortho intramolecular Hbond substituents is 1. The normalized spacial score (nSPS) is 28.5. The van der Waals surface area contributed by atoms with Crippen LogP contribution in [-0.4, -0.2) is 107 Å². The van der Waals surface area contributed by atoms with Gasteiger partial charge in [0.25, 0.3) is 11.8 Å². The number of carbonyl (C=O) groups excluding carboxylic acids is 5. The minimum atomic E-state index is -3.93. The van der Waals surface area contributed by atoms with Crippen LogP contribution in [0.2, 0.25) is 5.02 Å². The molecule has 0 bridgehead atoms. The van der Waals surface area contributed by atoms with Crippen LogP contribution >= 0.6 is 22.9 Å². The molecule has 5 amide bonds. The minimum Gasteiger partial charge on any atom is -0.506 e. The first-order valence-corrected chi connectivity index (χ1v) is 22.3. The lowest BCUT2D eigenvalue weighted by Crippen LogP contribution is -2.60. The van der Waals surface area contributed by atoms with Crippen molar-refractivity contribution in [2.75, 3.05) is 26.2 Å². The highest BCUT2D eigenvalue weighted by atomic mass is 35.5. The highest BCUT2D eigenvalue weighted by molar-refractivity contribution is 7.91. The van der Waals surface area contributed by atoms with E-state index in [1.165, 1.54) is 22.3 Å². The van der Waals surface area contributed by atoms with E-state index >= 15 is 0 Å². The average molecular weight is 845 g/mol. The molecule has 0 radical (unpaired) electrons. The second-order valence-corrected chi connectivity index (χ2v) is 20.3. The lowest BCUT2D eigenvalue weighted by atomic mass is 9.93. The maximum Gasteiger partial charge on any atom is 0.407 e. The third kappa shape index (κ3) is 8.94. The van der Waals surface area contributed by atoms with Gasteiger partial charge in [-0.1, -0.05) is 57.4 Å². The Morgan fingerprint density at radius 2 is 1.88 bits per heavy atom. The Bertz CT molecular complexity index is 2080. The van der Waals surface area contributed by atoms with Crippen molar-refractivity contribution in [1.82, 2.24) is 30.1 Å². The molecule has 57 heavy (non-hydrogen) atoms. The molecule has 6 atom stereocenters. The molecule has 308 valence electrons. The molecule has 15 nitrogen and oxygen atoms in total. The molecule has 18 heteroatoms. The monoisotopic (exact) mass is 844 g/mol. The maximum atomic E-state index is 14.7. The summed E-state index contributed by atoms with van der Waals surface area (Å²) < 4.78 is 33.5. The zero-order valence-electron chi connectivity index (χ0n) is 32.2. The van der Waals surface area contributed by atoms with Crippen molar-refractivity contribution in [2.24, 2.45) is 23.2 Å². The largest absolute Gasteiger partial charge is 0.506 e. The number of thiazole rings is 1. The minimum absolute atomic E-state index is 0.0761. The quantitative estimate of drug-likeness (QED) is 0.293. The summed E-state index contributed by atoms with van der Waals surface area (Å²) in [4.78, 5) is 77.6. The Balaban J connectivity index is 1.16. The fraction of sp³-hybridized carbons (Fsp3) is 0.590. The van der Waals surface area contributed by atoms with E-state index in [1.807, 2.05) is 32.9 Å². The molecule has 2 saturated heterocycles. The van der Waals surface area contributed by atoms with E-state index in [9.17, 15) is 37.5 Å². The number of halogens is 1. The van der Waals surface area contributed by atoms with Gasteiger partial charge in [0.05, 0.1) is 16.9 Å². The van der Waals surface area contributed by atoms with Gasteiger partial charge in [0, 0.05) is 48.3 Å². The molecule has 3 aliphatic heterocycles. The smallest absolute Gasteiger partial charge is 0.407 e. The van der Waals surface area contributed by atoms with Gasteiger partial charge in [0.1, 0.15) is 34.1 Å². The molecule has 0 unspecified atom stereocenters. The standard InChI is InChI=1S/C39H49ClN6O9S2/c1-38(2,3)21-55-37(52)42-28-10-8-6-4-5-7-9-24-16-39(24,36(51)44-57(53,54)25-12-13-25)43-32(48)31-26-19-45(17-23(26)18-46(31)35(28)50)34(49)29-20-56-33(41-29)22-11-14-30(47)27(40)15-22/h7,9,11,14-15,20,23-26,28,31,47H,4-6,8,10,12-13,16-19,21H2,1-3H3,(H,42,52)(H,43,48)(H,44,51)/b9-7-/t23-,24+,26-,28-,31-,39+/m0/s1. The van der Waals surface area contributed by atoms with Crippen LogP contribution in [0.15, 0.2) is 35.7 Å². The molecule has 1 aromatic heterocycles. The fourth-order valence-electron chi connectivity index (χ4n) is 8.01. The summed E-state index contributed by atoms with van der Waals surface area (Å²) in [5.74, 6) is -3.68. The zero-order chi connectivity index (χ0) is 40.9. The molecule has 4 N–H and O–H groups in total. The van der Waals surface area contributed by atoms with Crippen LogP contribution in [0.5, 0.6) is 5.75 Å². The van der Waals surface area contributed by atoms with Crippen molar-refractivity contribution >= 4 is 62.7 Å². The number of phenols is 1. The van der Waals surface area contributed by atoms with Gasteiger partial charge in [0.15, 0.2) is 0 Å². The van der Waals surface area contributed by atoms with E-state index in [0.717, 1.165) is 12.8 Å². The summed E-state index contributed by atoms with van der Waals surface area (Å²) in [7, 11) is -3.93. The van der Waals surface area contributed by atoms with Crippen molar-refractivity contribution in [3.8, 4) is 16.3 Å². The number of fused-ring (bicyclic) bond motifs is 4. The number of aromatic hydroxyl groups is 1. The first kappa shape index (κ1) is 41.0. The number of hydrogen-bond donors (Lipinski definition) is 4. The SMILES string of the molecule is CC(C)(C)COC(=O)N[C@H]1CCCCC/C=C\[C@@H]2C[C@@]2(C(=O)NS(=O)(=O)C2CC2)NC(=O)[C@@H]2[C@H]3CN(C(=O)c4csc(-c5ccc(O)c(Cl)c5)n4)C[C@H]3CN2C1=O. The summed E-state index contributed by atoms with van der Waals surface area (Å²) in [6.07, 6.45) is 7.27. The van der Waals surface area contributed by atoms with Gasteiger partial charge in [-0.05, 0) is 62.1 Å².